The molecule has 7 nitrogen and oxygen atoms in total. The maximum absolute atomic E-state index is 13.0. The second kappa shape index (κ2) is 7.65. The van der Waals surface area contributed by atoms with Gasteiger partial charge >= 0.3 is 0 Å². The van der Waals surface area contributed by atoms with Gasteiger partial charge in [-0.3, -0.25) is 24.3 Å². The summed E-state index contributed by atoms with van der Waals surface area (Å²) < 4.78 is 2.80. The van der Waals surface area contributed by atoms with Crippen molar-refractivity contribution in [1.29, 1.82) is 0 Å². The van der Waals surface area contributed by atoms with Crippen LogP contribution in [0.25, 0.3) is 21.3 Å². The average molecular weight is 427 g/mol. The first kappa shape index (κ1) is 19.1. The van der Waals surface area contributed by atoms with Crippen LogP contribution in [0.5, 0.6) is 0 Å². The predicted octanol–water partition coefficient (Wildman–Crippen LogP) is 3.07. The largest absolute Gasteiger partial charge is 0.347 e. The van der Waals surface area contributed by atoms with E-state index in [1.807, 2.05) is 17.5 Å². The van der Waals surface area contributed by atoms with Crippen LogP contribution >= 0.6 is 22.9 Å². The number of amides is 2. The van der Waals surface area contributed by atoms with Crippen LogP contribution in [0.15, 0.2) is 59.1 Å². The van der Waals surface area contributed by atoms with Gasteiger partial charge in [0.15, 0.2) is 0 Å². The number of aromatic nitrogens is 3. The summed E-state index contributed by atoms with van der Waals surface area (Å²) in [6, 6.07) is 10.5. The number of aryl methyl sites for hydroxylation is 1. The molecule has 29 heavy (non-hydrogen) atoms. The van der Waals surface area contributed by atoms with Crippen molar-refractivity contribution in [2.45, 2.75) is 6.54 Å². The number of nitrogens with one attached hydrogen (secondary N) is 1. The molecular formula is C20H15ClN4O3S. The molecule has 0 aliphatic heterocycles. The van der Waals surface area contributed by atoms with E-state index in [-0.39, 0.29) is 12.1 Å². The van der Waals surface area contributed by atoms with Gasteiger partial charge in [0, 0.05) is 29.2 Å². The number of imide groups is 1. The minimum absolute atomic E-state index is 0.312. The normalized spacial score (nSPS) is 11.0. The van der Waals surface area contributed by atoms with E-state index in [2.05, 4.69) is 10.3 Å². The number of thiophene rings is 1. The molecule has 0 aliphatic carbocycles. The van der Waals surface area contributed by atoms with Crippen LogP contribution in [-0.4, -0.2) is 25.9 Å². The molecule has 4 aromatic rings. The SMILES string of the molecule is Cn1cccc1C(=O)NC(=O)Cn1cnc2scc(-c3ccc(Cl)cc3)c2c1=O. The highest BCUT2D eigenvalue weighted by Gasteiger charge is 2.17. The Hall–Kier alpha value is -3.23. The van der Waals surface area contributed by atoms with E-state index in [1.165, 1.54) is 22.2 Å². The Balaban J connectivity index is 1.62. The van der Waals surface area contributed by atoms with Crippen LogP contribution in [0.3, 0.4) is 0 Å². The minimum atomic E-state index is -0.595. The number of carbonyl (C=O) groups is 2. The van der Waals surface area contributed by atoms with Gasteiger partial charge in [-0.2, -0.15) is 0 Å². The van der Waals surface area contributed by atoms with Gasteiger partial charge in [0.1, 0.15) is 17.1 Å². The van der Waals surface area contributed by atoms with E-state index < -0.39 is 11.8 Å². The Morgan fingerprint density at radius 2 is 1.97 bits per heavy atom. The summed E-state index contributed by atoms with van der Waals surface area (Å²) in [6.45, 7) is -0.312. The fourth-order valence-electron chi connectivity index (χ4n) is 3.00. The molecule has 0 aliphatic rings. The Labute approximate surface area is 174 Å². The van der Waals surface area contributed by atoms with Gasteiger partial charge in [-0.25, -0.2) is 4.98 Å². The van der Waals surface area contributed by atoms with Crippen molar-refractivity contribution in [2.24, 2.45) is 7.05 Å². The van der Waals surface area contributed by atoms with E-state index in [1.54, 1.807) is 42.1 Å². The third kappa shape index (κ3) is 3.72. The molecule has 1 N–H and O–H groups in total. The maximum atomic E-state index is 13.0. The van der Waals surface area contributed by atoms with Gasteiger partial charge in [0.25, 0.3) is 11.5 Å². The molecule has 0 radical (unpaired) electrons. The van der Waals surface area contributed by atoms with Gasteiger partial charge in [-0.05, 0) is 29.8 Å². The lowest BCUT2D eigenvalue weighted by Gasteiger charge is -2.08. The number of halogens is 1. The number of nitrogens with zero attached hydrogens (tertiary/aromatic N) is 3. The number of benzene rings is 1. The summed E-state index contributed by atoms with van der Waals surface area (Å²) in [4.78, 5) is 42.4. The lowest BCUT2D eigenvalue weighted by atomic mass is 10.1. The second-order valence-electron chi connectivity index (χ2n) is 6.40. The van der Waals surface area contributed by atoms with E-state index in [0.717, 1.165) is 11.1 Å². The van der Waals surface area contributed by atoms with E-state index in [9.17, 15) is 14.4 Å². The number of rotatable bonds is 4. The van der Waals surface area contributed by atoms with Gasteiger partial charge in [0.05, 0.1) is 11.7 Å². The molecule has 3 aromatic heterocycles. The van der Waals surface area contributed by atoms with Gasteiger partial charge < -0.3 is 4.57 Å². The molecule has 146 valence electrons. The summed E-state index contributed by atoms with van der Waals surface area (Å²) in [5.41, 5.74) is 1.57. The highest BCUT2D eigenvalue weighted by Crippen LogP contribution is 2.31. The van der Waals surface area contributed by atoms with E-state index in [0.29, 0.717) is 20.9 Å². The van der Waals surface area contributed by atoms with Crippen molar-refractivity contribution in [3.05, 3.63) is 75.4 Å². The lowest BCUT2D eigenvalue weighted by molar-refractivity contribution is -0.120. The average Bonchev–Trinajstić information content (AvgIpc) is 3.31. The number of fused-ring (bicyclic) bond motifs is 1. The molecule has 4 rings (SSSR count). The quantitative estimate of drug-likeness (QED) is 0.543. The molecule has 0 saturated carbocycles. The molecule has 0 atom stereocenters. The highest BCUT2D eigenvalue weighted by atomic mass is 35.5. The van der Waals surface area contributed by atoms with Crippen LogP contribution in [0, 0.1) is 0 Å². The van der Waals surface area contributed by atoms with Crippen molar-refractivity contribution in [2.75, 3.05) is 0 Å². The van der Waals surface area contributed by atoms with Crippen molar-refractivity contribution >= 4 is 45.0 Å². The summed E-state index contributed by atoms with van der Waals surface area (Å²) in [6.07, 6.45) is 3.02. The van der Waals surface area contributed by atoms with Gasteiger partial charge in [-0.1, -0.05) is 23.7 Å². The Morgan fingerprint density at radius 1 is 1.21 bits per heavy atom. The van der Waals surface area contributed by atoms with Crippen LogP contribution in [0.4, 0.5) is 0 Å². The second-order valence-corrected chi connectivity index (χ2v) is 7.69. The first-order chi connectivity index (χ1) is 13.9. The van der Waals surface area contributed by atoms with Gasteiger partial charge in [-0.15, -0.1) is 11.3 Å². The molecule has 0 bridgehead atoms. The van der Waals surface area contributed by atoms with Crippen molar-refractivity contribution in [3.8, 4) is 11.1 Å². The third-order valence-electron chi connectivity index (χ3n) is 4.46. The number of hydrogen-bond donors (Lipinski definition) is 1. The van der Waals surface area contributed by atoms with Crippen LogP contribution in [-0.2, 0) is 18.4 Å². The number of carbonyl (C=O) groups excluding carboxylic acids is 2. The molecule has 3 heterocycles. The molecular weight excluding hydrogens is 412 g/mol. The van der Waals surface area contributed by atoms with E-state index >= 15 is 0 Å². The zero-order chi connectivity index (χ0) is 20.5. The van der Waals surface area contributed by atoms with Crippen molar-refractivity contribution in [3.63, 3.8) is 0 Å². The Kier molecular flexibility index (Phi) is 5.04. The van der Waals surface area contributed by atoms with E-state index in [4.69, 9.17) is 11.6 Å². The molecule has 0 unspecified atom stereocenters. The summed E-state index contributed by atoms with van der Waals surface area (Å²) in [7, 11) is 1.70. The Morgan fingerprint density at radius 3 is 2.66 bits per heavy atom. The van der Waals surface area contributed by atoms with Crippen LogP contribution < -0.4 is 10.9 Å². The molecule has 0 spiro atoms. The molecule has 0 fully saturated rings. The zero-order valence-electron chi connectivity index (χ0n) is 15.3. The lowest BCUT2D eigenvalue weighted by Crippen LogP contribution is -2.36. The summed E-state index contributed by atoms with van der Waals surface area (Å²) in [5, 5.41) is 5.18. The van der Waals surface area contributed by atoms with Crippen molar-refractivity contribution < 1.29 is 9.59 Å². The topological polar surface area (TPSA) is 86.0 Å². The monoisotopic (exact) mass is 426 g/mol. The van der Waals surface area contributed by atoms with Crippen molar-refractivity contribution in [1.82, 2.24) is 19.4 Å². The smallest absolute Gasteiger partial charge is 0.274 e. The first-order valence-corrected chi connectivity index (χ1v) is 9.88. The molecule has 9 heteroatoms. The fraction of sp³-hybridized carbons (Fsp3) is 0.100. The highest BCUT2D eigenvalue weighted by molar-refractivity contribution is 7.17. The van der Waals surface area contributed by atoms with Crippen LogP contribution in [0.2, 0.25) is 5.02 Å². The fourth-order valence-corrected chi connectivity index (χ4v) is 4.04. The van der Waals surface area contributed by atoms with Gasteiger partial charge in [0.2, 0.25) is 5.91 Å². The zero-order valence-corrected chi connectivity index (χ0v) is 16.8. The number of hydrogen-bond acceptors (Lipinski definition) is 5. The Bertz CT molecular complexity index is 1290. The first-order valence-electron chi connectivity index (χ1n) is 8.62. The molecule has 2 amide bonds. The third-order valence-corrected chi connectivity index (χ3v) is 5.60. The van der Waals surface area contributed by atoms with Crippen LogP contribution in [0.1, 0.15) is 10.5 Å². The predicted molar refractivity (Wildman–Crippen MR) is 112 cm³/mol. The summed E-state index contributed by atoms with van der Waals surface area (Å²) in [5.74, 6) is -1.12. The maximum Gasteiger partial charge on any atom is 0.274 e. The standard InChI is InChI=1S/C20H15ClN4O3S/c1-24-8-2-3-15(24)18(27)23-16(26)9-25-11-22-19-17(20(25)28)14(10-29-19)12-4-6-13(21)7-5-12/h2-8,10-11H,9H2,1H3,(H,23,26,27). The minimum Gasteiger partial charge on any atom is -0.347 e. The summed E-state index contributed by atoms with van der Waals surface area (Å²) >= 11 is 7.29. The molecule has 1 aromatic carbocycles. The molecule has 0 saturated heterocycles.